The van der Waals surface area contributed by atoms with Crippen molar-refractivity contribution in [3.05, 3.63) is 51.5 Å². The number of hydrazine groups is 1. The van der Waals surface area contributed by atoms with Gasteiger partial charge in [0.2, 0.25) is 0 Å². The Hall–Kier alpha value is -1.17. The maximum Gasteiger partial charge on any atom is 0.131 e. The van der Waals surface area contributed by atoms with Crippen LogP contribution in [0.2, 0.25) is 0 Å². The van der Waals surface area contributed by atoms with Crippen LogP contribution in [-0.2, 0) is 7.05 Å². The number of rotatable bonds is 3. The van der Waals surface area contributed by atoms with E-state index in [1.54, 1.807) is 6.20 Å². The fourth-order valence-corrected chi connectivity index (χ4v) is 2.35. The van der Waals surface area contributed by atoms with E-state index in [0.717, 1.165) is 15.9 Å². The molecule has 0 radical (unpaired) electrons. The first kappa shape index (κ1) is 13.3. The van der Waals surface area contributed by atoms with E-state index in [2.05, 4.69) is 52.3 Å². The number of aromatic nitrogens is 2. The van der Waals surface area contributed by atoms with Crippen molar-refractivity contribution in [2.24, 2.45) is 12.9 Å². The van der Waals surface area contributed by atoms with Gasteiger partial charge in [-0.15, -0.1) is 0 Å². The molecule has 0 amide bonds. The molecule has 0 bridgehead atoms. The molecule has 0 saturated heterocycles. The van der Waals surface area contributed by atoms with Gasteiger partial charge in [-0.3, -0.25) is 5.84 Å². The van der Waals surface area contributed by atoms with Crippen molar-refractivity contribution in [1.82, 2.24) is 15.0 Å². The molecule has 0 aliphatic rings. The number of hydrogen-bond donors (Lipinski definition) is 2. The second kappa shape index (κ2) is 5.22. The normalized spacial score (nSPS) is 12.7. The molecule has 0 spiro atoms. The van der Waals surface area contributed by atoms with E-state index in [1.165, 1.54) is 11.1 Å². The number of aryl methyl sites for hydroxylation is 3. The Kier molecular flexibility index (Phi) is 3.85. The van der Waals surface area contributed by atoms with E-state index in [0.29, 0.717) is 0 Å². The zero-order valence-corrected chi connectivity index (χ0v) is 12.3. The van der Waals surface area contributed by atoms with Gasteiger partial charge < -0.3 is 4.57 Å². The van der Waals surface area contributed by atoms with E-state index >= 15 is 0 Å². The van der Waals surface area contributed by atoms with Crippen LogP contribution >= 0.6 is 15.9 Å². The predicted octanol–water partition coefficient (Wildman–Crippen LogP) is 2.35. The zero-order chi connectivity index (χ0) is 13.3. The number of nitrogens with zero attached hydrogens (tertiary/aromatic N) is 2. The first-order valence-electron chi connectivity index (χ1n) is 5.74. The Bertz CT molecular complexity index is 539. The maximum atomic E-state index is 5.69. The third kappa shape index (κ3) is 2.34. The summed E-state index contributed by atoms with van der Waals surface area (Å²) in [6, 6.07) is 4.14. The number of halogens is 1. The lowest BCUT2D eigenvalue weighted by atomic mass is 10.0. The maximum absolute atomic E-state index is 5.69. The van der Waals surface area contributed by atoms with Crippen LogP contribution in [-0.4, -0.2) is 9.55 Å². The summed E-state index contributed by atoms with van der Waals surface area (Å²) < 4.78 is 3.11. The summed E-state index contributed by atoms with van der Waals surface area (Å²) in [5, 5.41) is 0. The molecule has 2 rings (SSSR count). The Morgan fingerprint density at radius 2 is 1.94 bits per heavy atom. The topological polar surface area (TPSA) is 55.9 Å². The Morgan fingerprint density at radius 1 is 1.33 bits per heavy atom. The highest BCUT2D eigenvalue weighted by Gasteiger charge is 2.18. The lowest BCUT2D eigenvalue weighted by Crippen LogP contribution is -2.31. The van der Waals surface area contributed by atoms with Gasteiger partial charge in [0.25, 0.3) is 0 Å². The number of nitrogens with one attached hydrogen (secondary N) is 1. The fourth-order valence-electron chi connectivity index (χ4n) is 2.12. The van der Waals surface area contributed by atoms with Crippen LogP contribution in [0.15, 0.2) is 29.0 Å². The lowest BCUT2D eigenvalue weighted by Gasteiger charge is -2.18. The molecule has 4 nitrogen and oxygen atoms in total. The van der Waals surface area contributed by atoms with Gasteiger partial charge >= 0.3 is 0 Å². The Morgan fingerprint density at radius 3 is 2.39 bits per heavy atom. The van der Waals surface area contributed by atoms with Crippen LogP contribution in [0, 0.1) is 13.8 Å². The highest BCUT2D eigenvalue weighted by atomic mass is 79.9. The first-order valence-corrected chi connectivity index (χ1v) is 6.54. The smallest absolute Gasteiger partial charge is 0.131 e. The van der Waals surface area contributed by atoms with Gasteiger partial charge in [-0.25, -0.2) is 10.4 Å². The molecule has 3 N–H and O–H groups in total. The summed E-state index contributed by atoms with van der Waals surface area (Å²) in [6.07, 6.45) is 3.69. The van der Waals surface area contributed by atoms with Crippen LogP contribution in [0.5, 0.6) is 0 Å². The average molecular weight is 309 g/mol. The molecule has 1 aromatic heterocycles. The second-order valence-electron chi connectivity index (χ2n) is 4.46. The van der Waals surface area contributed by atoms with Gasteiger partial charge in [-0.1, -0.05) is 28.1 Å². The van der Waals surface area contributed by atoms with Crippen LogP contribution in [0.3, 0.4) is 0 Å². The number of nitrogens with two attached hydrogens (primary N) is 1. The van der Waals surface area contributed by atoms with E-state index in [1.807, 2.05) is 17.8 Å². The molecule has 0 fully saturated rings. The standard InChI is InChI=1S/C13H17BrN4/c1-8-6-10(7-9(2)11(8)14)12(17-15)13-16-4-5-18(13)3/h4-7,12,17H,15H2,1-3H3. The Labute approximate surface area is 115 Å². The minimum absolute atomic E-state index is 0.101. The van der Waals surface area contributed by atoms with Crippen molar-refractivity contribution in [3.8, 4) is 0 Å². The zero-order valence-electron chi connectivity index (χ0n) is 10.7. The van der Waals surface area contributed by atoms with Gasteiger partial charge in [-0.2, -0.15) is 0 Å². The van der Waals surface area contributed by atoms with Crippen molar-refractivity contribution >= 4 is 15.9 Å². The Balaban J connectivity index is 2.49. The molecule has 5 heteroatoms. The van der Waals surface area contributed by atoms with E-state index in [-0.39, 0.29) is 6.04 Å². The average Bonchev–Trinajstić information content (AvgIpc) is 2.74. The highest BCUT2D eigenvalue weighted by Crippen LogP contribution is 2.27. The van der Waals surface area contributed by atoms with Crippen LogP contribution < -0.4 is 11.3 Å². The monoisotopic (exact) mass is 308 g/mol. The molecule has 1 heterocycles. The molecule has 1 aromatic carbocycles. The van der Waals surface area contributed by atoms with Gasteiger partial charge in [0.1, 0.15) is 11.9 Å². The highest BCUT2D eigenvalue weighted by molar-refractivity contribution is 9.10. The minimum Gasteiger partial charge on any atom is -0.336 e. The van der Waals surface area contributed by atoms with Crippen molar-refractivity contribution in [2.75, 3.05) is 0 Å². The van der Waals surface area contributed by atoms with Crippen molar-refractivity contribution in [3.63, 3.8) is 0 Å². The molecule has 0 saturated carbocycles. The van der Waals surface area contributed by atoms with Gasteiger partial charge in [0.15, 0.2) is 0 Å². The van der Waals surface area contributed by atoms with Crippen molar-refractivity contribution < 1.29 is 0 Å². The molecule has 0 aliphatic heterocycles. The molecule has 2 aromatic rings. The number of imidazole rings is 1. The molecule has 1 atom stereocenters. The third-order valence-corrected chi connectivity index (χ3v) is 4.33. The molecule has 96 valence electrons. The minimum atomic E-state index is -0.101. The third-order valence-electron chi connectivity index (χ3n) is 3.08. The summed E-state index contributed by atoms with van der Waals surface area (Å²) >= 11 is 3.58. The van der Waals surface area contributed by atoms with Crippen molar-refractivity contribution in [1.29, 1.82) is 0 Å². The SMILES string of the molecule is Cc1cc(C(NN)c2nccn2C)cc(C)c1Br. The molecule has 18 heavy (non-hydrogen) atoms. The predicted molar refractivity (Wildman–Crippen MR) is 76.0 cm³/mol. The number of hydrogen-bond acceptors (Lipinski definition) is 3. The van der Waals surface area contributed by atoms with Crippen LogP contribution in [0.4, 0.5) is 0 Å². The fraction of sp³-hybridized carbons (Fsp3) is 0.308. The quantitative estimate of drug-likeness (QED) is 0.676. The van der Waals surface area contributed by atoms with E-state index in [9.17, 15) is 0 Å². The first-order chi connectivity index (χ1) is 8.54. The second-order valence-corrected chi connectivity index (χ2v) is 5.26. The van der Waals surface area contributed by atoms with Crippen LogP contribution in [0.25, 0.3) is 0 Å². The number of benzene rings is 1. The molecule has 1 unspecified atom stereocenters. The van der Waals surface area contributed by atoms with Gasteiger partial charge in [0.05, 0.1) is 0 Å². The summed E-state index contributed by atoms with van der Waals surface area (Å²) in [4.78, 5) is 4.35. The van der Waals surface area contributed by atoms with Crippen molar-refractivity contribution in [2.45, 2.75) is 19.9 Å². The van der Waals surface area contributed by atoms with E-state index in [4.69, 9.17) is 5.84 Å². The lowest BCUT2D eigenvalue weighted by molar-refractivity contribution is 0.579. The van der Waals surface area contributed by atoms with Gasteiger partial charge in [0, 0.05) is 23.9 Å². The largest absolute Gasteiger partial charge is 0.336 e. The van der Waals surface area contributed by atoms with E-state index < -0.39 is 0 Å². The summed E-state index contributed by atoms with van der Waals surface area (Å²) in [7, 11) is 1.96. The molecular formula is C13H17BrN4. The molecular weight excluding hydrogens is 292 g/mol. The summed E-state index contributed by atoms with van der Waals surface area (Å²) in [5.74, 6) is 6.59. The molecule has 0 aliphatic carbocycles. The van der Waals surface area contributed by atoms with Gasteiger partial charge in [-0.05, 0) is 30.5 Å². The summed E-state index contributed by atoms with van der Waals surface area (Å²) in [5.41, 5.74) is 6.34. The summed E-state index contributed by atoms with van der Waals surface area (Å²) in [6.45, 7) is 4.15. The van der Waals surface area contributed by atoms with Crippen LogP contribution in [0.1, 0.15) is 28.6 Å².